The topological polar surface area (TPSA) is 49.4 Å². The van der Waals surface area contributed by atoms with Gasteiger partial charge in [0.25, 0.3) is 5.91 Å². The van der Waals surface area contributed by atoms with Gasteiger partial charge in [-0.2, -0.15) is 0 Å². The monoisotopic (exact) mass is 298 g/mol. The highest BCUT2D eigenvalue weighted by molar-refractivity contribution is 9.10. The third-order valence-electron chi connectivity index (χ3n) is 2.41. The second-order valence-electron chi connectivity index (χ2n) is 3.88. The van der Waals surface area contributed by atoms with Gasteiger partial charge in [-0.3, -0.25) is 9.59 Å². The van der Waals surface area contributed by atoms with E-state index in [9.17, 15) is 9.59 Å². The summed E-state index contributed by atoms with van der Waals surface area (Å²) < 4.78 is 0.879. The van der Waals surface area contributed by atoms with Crippen molar-refractivity contribution in [2.24, 2.45) is 0 Å². The molecule has 1 aromatic rings. The number of nitrogens with one attached hydrogen (secondary N) is 1. The van der Waals surface area contributed by atoms with Gasteiger partial charge in [-0.25, -0.2) is 0 Å². The zero-order valence-corrected chi connectivity index (χ0v) is 11.7. The summed E-state index contributed by atoms with van der Waals surface area (Å²) in [4.78, 5) is 24.6. The summed E-state index contributed by atoms with van der Waals surface area (Å²) in [6, 6.07) is 5.40. The molecule has 0 atom stereocenters. The molecule has 92 valence electrons. The number of amides is 2. The molecular weight excluding hydrogens is 284 g/mol. The second kappa shape index (κ2) is 5.82. The highest BCUT2D eigenvalue weighted by Crippen LogP contribution is 2.19. The molecule has 1 aromatic carbocycles. The van der Waals surface area contributed by atoms with Crippen molar-refractivity contribution < 1.29 is 9.59 Å². The molecule has 0 saturated heterocycles. The number of likely N-dealkylation sites (N-methyl/N-ethyl adjacent to an activating group) is 1. The number of hydrogen-bond donors (Lipinski definition) is 1. The van der Waals surface area contributed by atoms with E-state index < -0.39 is 0 Å². The van der Waals surface area contributed by atoms with Crippen LogP contribution in [0.4, 0.5) is 0 Å². The van der Waals surface area contributed by atoms with Crippen molar-refractivity contribution in [1.29, 1.82) is 0 Å². The van der Waals surface area contributed by atoms with Crippen LogP contribution in [0.5, 0.6) is 0 Å². The molecule has 0 aliphatic carbocycles. The zero-order chi connectivity index (χ0) is 13.0. The quantitative estimate of drug-likeness (QED) is 0.921. The average Bonchev–Trinajstić information content (AvgIpc) is 2.29. The van der Waals surface area contributed by atoms with E-state index in [0.717, 1.165) is 10.0 Å². The van der Waals surface area contributed by atoms with Crippen molar-refractivity contribution in [2.45, 2.75) is 6.92 Å². The van der Waals surface area contributed by atoms with Crippen LogP contribution in [-0.4, -0.2) is 37.4 Å². The summed E-state index contributed by atoms with van der Waals surface area (Å²) in [5.41, 5.74) is 1.44. The highest BCUT2D eigenvalue weighted by atomic mass is 79.9. The normalized spacial score (nSPS) is 9.88. The van der Waals surface area contributed by atoms with E-state index >= 15 is 0 Å². The number of carbonyl (C=O) groups excluding carboxylic acids is 2. The molecule has 4 nitrogen and oxygen atoms in total. The lowest BCUT2D eigenvalue weighted by molar-refractivity contribution is -0.127. The first kappa shape index (κ1) is 13.7. The largest absolute Gasteiger partial charge is 0.347 e. The van der Waals surface area contributed by atoms with Gasteiger partial charge in [0.05, 0.1) is 6.54 Å². The smallest absolute Gasteiger partial charge is 0.252 e. The summed E-state index contributed by atoms with van der Waals surface area (Å²) in [5, 5.41) is 2.60. The Morgan fingerprint density at radius 1 is 1.35 bits per heavy atom. The van der Waals surface area contributed by atoms with Gasteiger partial charge in [-0.15, -0.1) is 0 Å². The maximum atomic E-state index is 11.8. The van der Waals surface area contributed by atoms with Gasteiger partial charge in [0.1, 0.15) is 0 Å². The molecule has 17 heavy (non-hydrogen) atoms. The summed E-state index contributed by atoms with van der Waals surface area (Å²) in [5.74, 6) is -0.370. The Morgan fingerprint density at radius 3 is 2.59 bits per heavy atom. The molecule has 0 aliphatic rings. The fraction of sp³-hybridized carbons (Fsp3) is 0.333. The molecule has 0 aliphatic heterocycles. The van der Waals surface area contributed by atoms with E-state index in [1.807, 2.05) is 13.0 Å². The van der Waals surface area contributed by atoms with E-state index in [0.29, 0.717) is 5.56 Å². The van der Waals surface area contributed by atoms with Gasteiger partial charge >= 0.3 is 0 Å². The number of carbonyl (C=O) groups is 2. The molecular formula is C12H15BrN2O2. The number of benzene rings is 1. The number of nitrogens with zero attached hydrogens (tertiary/aromatic N) is 1. The summed E-state index contributed by atoms with van der Waals surface area (Å²) >= 11 is 3.36. The molecule has 1 rings (SSSR count). The number of halogens is 1. The van der Waals surface area contributed by atoms with E-state index in [1.165, 1.54) is 4.90 Å². The van der Waals surface area contributed by atoms with Gasteiger partial charge in [-0.05, 0) is 24.6 Å². The van der Waals surface area contributed by atoms with Crippen LogP contribution in [0.15, 0.2) is 22.7 Å². The Bertz CT molecular complexity index is 444. The van der Waals surface area contributed by atoms with E-state index in [-0.39, 0.29) is 18.4 Å². The molecule has 0 unspecified atom stereocenters. The molecule has 0 radical (unpaired) electrons. The third-order valence-corrected chi connectivity index (χ3v) is 3.27. The first-order valence-corrected chi connectivity index (χ1v) is 5.96. The maximum absolute atomic E-state index is 11.8. The van der Waals surface area contributed by atoms with Gasteiger partial charge in [0, 0.05) is 24.1 Å². The molecule has 2 amide bonds. The summed E-state index contributed by atoms with van der Waals surface area (Å²) in [6.45, 7) is 1.87. The molecule has 1 N–H and O–H groups in total. The SMILES string of the molecule is Cc1c(Br)cccc1C(=O)NCC(=O)N(C)C. The first-order chi connectivity index (χ1) is 7.93. The average molecular weight is 299 g/mol. The van der Waals surface area contributed by atoms with Crippen LogP contribution >= 0.6 is 15.9 Å². The van der Waals surface area contributed by atoms with Crippen LogP contribution in [-0.2, 0) is 4.79 Å². The van der Waals surface area contributed by atoms with Crippen LogP contribution in [0.3, 0.4) is 0 Å². The zero-order valence-electron chi connectivity index (χ0n) is 10.1. The lowest BCUT2D eigenvalue weighted by Gasteiger charge is -2.12. The Balaban J connectivity index is 2.71. The fourth-order valence-electron chi connectivity index (χ4n) is 1.26. The molecule has 0 fully saturated rings. The Labute approximate surface area is 109 Å². The minimum Gasteiger partial charge on any atom is -0.347 e. The summed E-state index contributed by atoms with van der Waals surface area (Å²) in [6.07, 6.45) is 0. The van der Waals surface area contributed by atoms with Crippen LogP contribution < -0.4 is 5.32 Å². The van der Waals surface area contributed by atoms with Crippen molar-refractivity contribution in [2.75, 3.05) is 20.6 Å². The van der Waals surface area contributed by atoms with Crippen LogP contribution in [0.2, 0.25) is 0 Å². The predicted octanol–water partition coefficient (Wildman–Crippen LogP) is 1.58. The summed E-state index contributed by atoms with van der Waals surface area (Å²) in [7, 11) is 3.30. The number of hydrogen-bond acceptors (Lipinski definition) is 2. The van der Waals surface area contributed by atoms with Crippen LogP contribution in [0.25, 0.3) is 0 Å². The second-order valence-corrected chi connectivity index (χ2v) is 4.74. The van der Waals surface area contributed by atoms with Gasteiger partial charge < -0.3 is 10.2 Å². The third kappa shape index (κ3) is 3.56. The Hall–Kier alpha value is -1.36. The molecule has 0 aromatic heterocycles. The molecule has 0 heterocycles. The highest BCUT2D eigenvalue weighted by Gasteiger charge is 2.12. The fourth-order valence-corrected chi connectivity index (χ4v) is 1.63. The molecule has 0 bridgehead atoms. The van der Waals surface area contributed by atoms with Crippen molar-refractivity contribution in [3.63, 3.8) is 0 Å². The van der Waals surface area contributed by atoms with Gasteiger partial charge in [-0.1, -0.05) is 22.0 Å². The van der Waals surface area contributed by atoms with Crippen LogP contribution in [0, 0.1) is 6.92 Å². The van der Waals surface area contributed by atoms with E-state index in [1.54, 1.807) is 26.2 Å². The Morgan fingerprint density at radius 2 is 2.00 bits per heavy atom. The van der Waals surface area contributed by atoms with Crippen molar-refractivity contribution in [3.05, 3.63) is 33.8 Å². The Kier molecular flexibility index (Phi) is 4.69. The van der Waals surface area contributed by atoms with Crippen molar-refractivity contribution in [1.82, 2.24) is 10.2 Å². The van der Waals surface area contributed by atoms with Crippen molar-refractivity contribution >= 4 is 27.7 Å². The van der Waals surface area contributed by atoms with E-state index in [4.69, 9.17) is 0 Å². The maximum Gasteiger partial charge on any atom is 0.252 e. The standard InChI is InChI=1S/C12H15BrN2O2/c1-8-9(5-4-6-10(8)13)12(17)14-7-11(16)15(2)3/h4-6H,7H2,1-3H3,(H,14,17). The van der Waals surface area contributed by atoms with Crippen LogP contribution in [0.1, 0.15) is 15.9 Å². The lowest BCUT2D eigenvalue weighted by atomic mass is 10.1. The minimum absolute atomic E-state index is 0.0117. The van der Waals surface area contributed by atoms with E-state index in [2.05, 4.69) is 21.2 Å². The number of rotatable bonds is 3. The van der Waals surface area contributed by atoms with Crippen molar-refractivity contribution in [3.8, 4) is 0 Å². The van der Waals surface area contributed by atoms with Gasteiger partial charge in [0.2, 0.25) is 5.91 Å². The minimum atomic E-state index is -0.237. The molecule has 0 saturated carbocycles. The first-order valence-electron chi connectivity index (χ1n) is 5.17. The molecule has 5 heteroatoms. The molecule has 0 spiro atoms. The lowest BCUT2D eigenvalue weighted by Crippen LogP contribution is -2.36. The van der Waals surface area contributed by atoms with Gasteiger partial charge in [0.15, 0.2) is 0 Å². The predicted molar refractivity (Wildman–Crippen MR) is 69.9 cm³/mol.